The summed E-state index contributed by atoms with van der Waals surface area (Å²) in [6.07, 6.45) is -1.25. The second-order valence-corrected chi connectivity index (χ2v) is 17.8. The molecular weight excluding hydrogens is 1110 g/mol. The second kappa shape index (κ2) is 38.6. The van der Waals surface area contributed by atoms with Crippen LogP contribution in [0.25, 0.3) is 0 Å². The molecule has 408 valence electrons. The Balaban J connectivity index is 0. The van der Waals surface area contributed by atoms with Gasteiger partial charge in [-0.2, -0.15) is 5.26 Å². The number of nitrogens with one attached hydrogen (secondary N) is 10. The number of ether oxygens (including phenoxy) is 2. The van der Waals surface area contributed by atoms with Gasteiger partial charge < -0.3 is 36.2 Å². The molecule has 0 aliphatic carbocycles. The van der Waals surface area contributed by atoms with Crippen LogP contribution in [0, 0.1) is 39.7 Å². The Morgan fingerprint density at radius 3 is 0.960 bits per heavy atom. The number of hydrazine groups is 5. The maximum Gasteiger partial charge on any atom is 0.426 e. The molecule has 0 unspecified atom stereocenters. The number of carbonyl (C=O) groups excluding carboxylic acids is 2. The first-order valence-electron chi connectivity index (χ1n) is 20.6. The highest BCUT2D eigenvalue weighted by Crippen LogP contribution is 2.16. The molecule has 5 aromatic carbocycles. The molecule has 75 heavy (non-hydrogen) atoms. The van der Waals surface area contributed by atoms with Crippen molar-refractivity contribution in [1.29, 1.82) is 5.26 Å². The predicted molar refractivity (Wildman–Crippen MR) is 304 cm³/mol. The molecule has 0 aliphatic rings. The summed E-state index contributed by atoms with van der Waals surface area (Å²) in [6, 6.07) is 28.8. The Morgan fingerprint density at radius 2 is 0.720 bits per heavy atom. The van der Waals surface area contributed by atoms with Gasteiger partial charge in [0.1, 0.15) is 45.7 Å². The standard InChI is InChI=1S/C14H12F2N4S2.C12H16FN3O2S.C7H8FN3S.C7H4FNS.C5H12N2O2.ClH.H4N2/c15-9-1-5-11(6-2-9)17-13(21)19-20-14(22)18-12-7-3-10(16)4-8-12;1-12(2,3)18-11(17)16-15-10(19)14-9-6-4-8(13)5-7-9;8-5-1-3-6(4-2-5)10-7(12)11-9;8-6-1-3-7(4-2-6)10-5-9;1-5(2,3)9-4(8)7-6;;1-2/h1-8H,(H2,17,19,21)(H2,18,20,22);4-7H,1-3H3,(H,16,17)(H2,14,15,19);1-4H,9H2,(H2,10,11,12);1-4H;6H2,1-3H3,(H,7,8);1H;1-2H2. The third-order valence-electron chi connectivity index (χ3n) is 7.00. The van der Waals surface area contributed by atoms with Gasteiger partial charge in [0.05, 0.1) is 0 Å². The molecule has 0 bridgehead atoms. The van der Waals surface area contributed by atoms with E-state index in [0.717, 1.165) is 16.7 Å². The lowest BCUT2D eigenvalue weighted by Crippen LogP contribution is -2.45. The largest absolute Gasteiger partial charge is 0.443 e. The van der Waals surface area contributed by atoms with E-state index in [-0.39, 0.29) is 56.8 Å². The number of thiocarbonyl (C=S) groups is 4. The lowest BCUT2D eigenvalue weighted by Gasteiger charge is -2.20. The highest BCUT2D eigenvalue weighted by Gasteiger charge is 2.16. The van der Waals surface area contributed by atoms with Gasteiger partial charge in [0.15, 0.2) is 20.4 Å². The van der Waals surface area contributed by atoms with Crippen molar-refractivity contribution in [3.63, 3.8) is 0 Å². The van der Waals surface area contributed by atoms with E-state index in [1.54, 1.807) is 90.1 Å². The molecule has 2 amide bonds. The molecule has 5 rings (SSSR count). The molecule has 5 aromatic rings. The van der Waals surface area contributed by atoms with E-state index in [9.17, 15) is 31.5 Å². The fourth-order valence-corrected chi connectivity index (χ4v) is 5.18. The zero-order chi connectivity index (χ0) is 56.3. The van der Waals surface area contributed by atoms with E-state index in [1.165, 1.54) is 72.8 Å². The zero-order valence-corrected chi connectivity index (χ0v) is 45.7. The van der Waals surface area contributed by atoms with Crippen LogP contribution in [0.15, 0.2) is 126 Å². The minimum Gasteiger partial charge on any atom is -0.443 e. The highest BCUT2D eigenvalue weighted by atomic mass is 35.5. The second-order valence-electron chi connectivity index (χ2n) is 15.3. The SMILES string of the molecule is CC(C)(C)OC(=O)NN.CC(C)(C)OC(=O)NNC(=S)Nc1ccc(F)cc1.Cl.Fc1ccc(NC(=S)NNC(=S)Nc2ccc(F)cc2)cc1.N#CSc1ccc(F)cc1.NN.NNC(=S)Nc1ccc(F)cc1. The van der Waals surface area contributed by atoms with Gasteiger partial charge in [-0.1, -0.05) is 0 Å². The van der Waals surface area contributed by atoms with Crippen LogP contribution >= 0.6 is 73.0 Å². The maximum atomic E-state index is 12.8. The van der Waals surface area contributed by atoms with Crippen LogP contribution < -0.4 is 77.2 Å². The van der Waals surface area contributed by atoms with Gasteiger partial charge in [-0.05, 0) is 224 Å². The van der Waals surface area contributed by atoms with Crippen molar-refractivity contribution in [3.8, 4) is 5.40 Å². The first-order chi connectivity index (χ1) is 34.8. The first kappa shape index (κ1) is 70.1. The van der Waals surface area contributed by atoms with Crippen LogP contribution in [0.3, 0.4) is 0 Å². The van der Waals surface area contributed by atoms with Gasteiger partial charge in [0.25, 0.3) is 0 Å². The van der Waals surface area contributed by atoms with Crippen molar-refractivity contribution < 1.29 is 41.0 Å². The molecule has 0 aromatic heterocycles. The molecule has 0 saturated carbocycles. The lowest BCUT2D eigenvalue weighted by molar-refractivity contribution is 0.0507. The van der Waals surface area contributed by atoms with E-state index in [2.05, 4.69) is 60.1 Å². The average molecular weight is 1160 g/mol. The minimum atomic E-state index is -0.643. The predicted octanol–water partition coefficient (Wildman–Crippen LogP) is 8.71. The highest BCUT2D eigenvalue weighted by molar-refractivity contribution is 8.03. The van der Waals surface area contributed by atoms with E-state index in [1.807, 2.05) is 10.8 Å². The van der Waals surface area contributed by atoms with Crippen molar-refractivity contribution in [3.05, 3.63) is 150 Å². The van der Waals surface area contributed by atoms with Crippen molar-refractivity contribution >= 4 is 128 Å². The Morgan fingerprint density at radius 1 is 0.467 bits per heavy atom. The van der Waals surface area contributed by atoms with Crippen LogP contribution in [-0.2, 0) is 9.47 Å². The zero-order valence-electron chi connectivity index (χ0n) is 40.8. The van der Waals surface area contributed by atoms with Crippen molar-refractivity contribution in [1.82, 2.24) is 32.6 Å². The van der Waals surface area contributed by atoms with E-state index < -0.39 is 23.4 Å². The van der Waals surface area contributed by atoms with Gasteiger partial charge >= 0.3 is 12.2 Å². The molecule has 0 atom stereocenters. The number of thioether (sulfide) groups is 1. The molecule has 0 radical (unpaired) electrons. The van der Waals surface area contributed by atoms with Gasteiger partial charge in [-0.15, -0.1) is 12.4 Å². The van der Waals surface area contributed by atoms with E-state index >= 15 is 0 Å². The van der Waals surface area contributed by atoms with Crippen molar-refractivity contribution in [2.75, 3.05) is 21.3 Å². The number of amides is 2. The molecule has 0 aliphatic heterocycles. The number of nitrogens with two attached hydrogens (primary N) is 4. The van der Waals surface area contributed by atoms with Gasteiger partial charge in [0, 0.05) is 27.6 Å². The van der Waals surface area contributed by atoms with E-state index in [4.69, 9.17) is 75.3 Å². The number of nitrogens with zero attached hydrogens (tertiary/aromatic N) is 1. The number of nitriles is 1. The molecule has 19 nitrogen and oxygen atoms in total. The van der Waals surface area contributed by atoms with Crippen LogP contribution in [0.4, 0.5) is 54.3 Å². The first-order valence-corrected chi connectivity index (χ1v) is 23.1. The number of benzene rings is 5. The maximum absolute atomic E-state index is 12.8. The van der Waals surface area contributed by atoms with Crippen molar-refractivity contribution in [2.45, 2.75) is 57.6 Å². The fourth-order valence-electron chi connectivity index (χ4n) is 4.17. The third kappa shape index (κ3) is 38.3. The number of hydrogen-bond acceptors (Lipinski definition) is 14. The lowest BCUT2D eigenvalue weighted by atomic mass is 10.2. The summed E-state index contributed by atoms with van der Waals surface area (Å²) >= 11 is 20.8. The summed E-state index contributed by atoms with van der Waals surface area (Å²) in [5, 5.41) is 22.3. The van der Waals surface area contributed by atoms with Gasteiger partial charge in [-0.3, -0.25) is 33.4 Å². The summed E-state index contributed by atoms with van der Waals surface area (Å²) in [5.41, 5.74) is 15.7. The van der Waals surface area contributed by atoms with Crippen LogP contribution in [0.2, 0.25) is 0 Å². The Kier molecular flexibility index (Phi) is 36.1. The van der Waals surface area contributed by atoms with Gasteiger partial charge in [0.2, 0.25) is 0 Å². The molecule has 0 heterocycles. The summed E-state index contributed by atoms with van der Waals surface area (Å²) in [7, 11) is 0. The van der Waals surface area contributed by atoms with Crippen LogP contribution in [-0.4, -0.2) is 43.8 Å². The summed E-state index contributed by atoms with van der Waals surface area (Å²) in [4.78, 5) is 22.5. The Hall–Kier alpha value is -6.98. The topological polar surface area (TPSA) is 301 Å². The van der Waals surface area contributed by atoms with Crippen LogP contribution in [0.1, 0.15) is 41.5 Å². The normalized spacial score (nSPS) is 9.52. The summed E-state index contributed by atoms with van der Waals surface area (Å²) in [6.45, 7) is 10.6. The van der Waals surface area contributed by atoms with Crippen LogP contribution in [0.5, 0.6) is 0 Å². The fraction of sp³-hybridized carbons (Fsp3) is 0.178. The number of carbonyl (C=O) groups is 2. The molecule has 0 saturated heterocycles. The van der Waals surface area contributed by atoms with Gasteiger partial charge in [-0.25, -0.2) is 48.7 Å². The molecule has 30 heteroatoms. The number of hydrogen-bond donors (Lipinski definition) is 14. The molecule has 0 spiro atoms. The molecular formula is C45H57ClF5N15O4S5. The number of halogens is 6. The number of rotatable bonds is 5. The number of anilines is 4. The van der Waals surface area contributed by atoms with Crippen molar-refractivity contribution in [2.24, 2.45) is 23.4 Å². The number of thiocyanates is 1. The smallest absolute Gasteiger partial charge is 0.426 e. The Bertz CT molecular complexity index is 2470. The molecule has 0 fully saturated rings. The summed E-state index contributed by atoms with van der Waals surface area (Å²) < 4.78 is 72.6. The molecule has 18 N–H and O–H groups in total. The third-order valence-corrected chi connectivity index (χ3v) is 8.43. The average Bonchev–Trinajstić information content (AvgIpc) is 3.34. The van der Waals surface area contributed by atoms with E-state index in [0.29, 0.717) is 27.9 Å². The Labute approximate surface area is 462 Å². The minimum absolute atomic E-state index is 0. The monoisotopic (exact) mass is 1160 g/mol. The summed E-state index contributed by atoms with van der Waals surface area (Å²) in [5.74, 6) is 16.2. The quantitative estimate of drug-likeness (QED) is 0.0149.